The van der Waals surface area contributed by atoms with Crippen LogP contribution >= 0.6 is 0 Å². The Morgan fingerprint density at radius 1 is 1.33 bits per heavy atom. The summed E-state index contributed by atoms with van der Waals surface area (Å²) >= 11 is 0. The third-order valence-electron chi connectivity index (χ3n) is 3.99. The van der Waals surface area contributed by atoms with Crippen LogP contribution in [0.15, 0.2) is 28.8 Å². The number of nitrogens with one attached hydrogen (secondary N) is 1. The van der Waals surface area contributed by atoms with Gasteiger partial charge >= 0.3 is 0 Å². The number of rotatable bonds is 7. The van der Waals surface area contributed by atoms with E-state index in [1.54, 1.807) is 7.11 Å². The first-order valence-electron chi connectivity index (χ1n) is 7.40. The SMILES string of the molecule is CNC(Cc1nc(Cc2ccc(OC)cc2)no1)C1CC1. The van der Waals surface area contributed by atoms with Crippen LogP contribution in [0.5, 0.6) is 5.75 Å². The second kappa shape index (κ2) is 6.26. The lowest BCUT2D eigenvalue weighted by molar-refractivity contribution is 0.349. The van der Waals surface area contributed by atoms with Gasteiger partial charge in [-0.15, -0.1) is 0 Å². The summed E-state index contributed by atoms with van der Waals surface area (Å²) in [5.41, 5.74) is 1.15. The molecule has 1 unspecified atom stereocenters. The molecule has 5 heteroatoms. The lowest BCUT2D eigenvalue weighted by Crippen LogP contribution is -2.29. The molecule has 1 aliphatic rings. The van der Waals surface area contributed by atoms with Gasteiger partial charge in [-0.3, -0.25) is 0 Å². The highest BCUT2D eigenvalue weighted by molar-refractivity contribution is 5.28. The van der Waals surface area contributed by atoms with Crippen LogP contribution in [0, 0.1) is 5.92 Å². The van der Waals surface area contributed by atoms with E-state index in [1.165, 1.54) is 12.8 Å². The molecule has 112 valence electrons. The van der Waals surface area contributed by atoms with Crippen molar-refractivity contribution in [2.45, 2.75) is 31.7 Å². The van der Waals surface area contributed by atoms with Crippen molar-refractivity contribution in [2.24, 2.45) is 5.92 Å². The van der Waals surface area contributed by atoms with E-state index in [4.69, 9.17) is 9.26 Å². The van der Waals surface area contributed by atoms with Crippen LogP contribution in [0.3, 0.4) is 0 Å². The average Bonchev–Trinajstić information content (AvgIpc) is 3.27. The maximum Gasteiger partial charge on any atom is 0.228 e. The fourth-order valence-electron chi connectivity index (χ4n) is 2.56. The Hall–Kier alpha value is -1.88. The second-order valence-electron chi connectivity index (χ2n) is 5.57. The van der Waals surface area contributed by atoms with Gasteiger partial charge < -0.3 is 14.6 Å². The molecule has 1 aliphatic carbocycles. The maximum atomic E-state index is 5.37. The molecule has 0 amide bonds. The van der Waals surface area contributed by atoms with Crippen LogP contribution in [-0.4, -0.2) is 30.3 Å². The highest BCUT2D eigenvalue weighted by atomic mass is 16.5. The highest BCUT2D eigenvalue weighted by Crippen LogP contribution is 2.33. The van der Waals surface area contributed by atoms with E-state index >= 15 is 0 Å². The first-order valence-corrected chi connectivity index (χ1v) is 7.40. The van der Waals surface area contributed by atoms with Crippen molar-refractivity contribution in [1.82, 2.24) is 15.5 Å². The Labute approximate surface area is 124 Å². The Balaban J connectivity index is 1.61. The smallest absolute Gasteiger partial charge is 0.228 e. The molecule has 1 atom stereocenters. The molecule has 5 nitrogen and oxygen atoms in total. The van der Waals surface area contributed by atoms with Gasteiger partial charge in [0.15, 0.2) is 5.82 Å². The molecule has 3 rings (SSSR count). The summed E-state index contributed by atoms with van der Waals surface area (Å²) in [4.78, 5) is 4.50. The lowest BCUT2D eigenvalue weighted by Gasteiger charge is -2.11. The van der Waals surface area contributed by atoms with Crippen molar-refractivity contribution in [1.29, 1.82) is 0 Å². The minimum absolute atomic E-state index is 0.458. The van der Waals surface area contributed by atoms with Gasteiger partial charge in [-0.05, 0) is 43.5 Å². The molecule has 0 aliphatic heterocycles. The number of hydrogen-bond donors (Lipinski definition) is 1. The summed E-state index contributed by atoms with van der Waals surface area (Å²) < 4.78 is 10.5. The van der Waals surface area contributed by atoms with Crippen LogP contribution in [0.1, 0.15) is 30.1 Å². The maximum absolute atomic E-state index is 5.37. The second-order valence-corrected chi connectivity index (χ2v) is 5.57. The number of hydrogen-bond acceptors (Lipinski definition) is 5. The molecule has 0 radical (unpaired) electrons. The zero-order valence-corrected chi connectivity index (χ0v) is 12.5. The van der Waals surface area contributed by atoms with E-state index in [0.29, 0.717) is 12.5 Å². The van der Waals surface area contributed by atoms with Crippen molar-refractivity contribution >= 4 is 0 Å². The number of nitrogens with zero attached hydrogens (tertiary/aromatic N) is 2. The fourth-order valence-corrected chi connectivity index (χ4v) is 2.56. The van der Waals surface area contributed by atoms with Crippen LogP contribution in [0.2, 0.25) is 0 Å². The third-order valence-corrected chi connectivity index (χ3v) is 3.99. The molecular formula is C16H21N3O2. The van der Waals surface area contributed by atoms with E-state index in [0.717, 1.165) is 35.4 Å². The fraction of sp³-hybridized carbons (Fsp3) is 0.500. The summed E-state index contributed by atoms with van der Waals surface area (Å²) in [6.07, 6.45) is 4.11. The predicted molar refractivity (Wildman–Crippen MR) is 79.4 cm³/mol. The van der Waals surface area contributed by atoms with Gasteiger partial charge in [0.25, 0.3) is 0 Å². The van der Waals surface area contributed by atoms with Crippen molar-refractivity contribution in [2.75, 3.05) is 14.2 Å². The van der Waals surface area contributed by atoms with Crippen molar-refractivity contribution in [3.05, 3.63) is 41.5 Å². The molecule has 1 fully saturated rings. The monoisotopic (exact) mass is 287 g/mol. The van der Waals surface area contributed by atoms with Gasteiger partial charge in [0, 0.05) is 18.9 Å². The van der Waals surface area contributed by atoms with Gasteiger partial charge in [0.05, 0.1) is 7.11 Å². The van der Waals surface area contributed by atoms with E-state index < -0.39 is 0 Å². The first-order chi connectivity index (χ1) is 10.3. The lowest BCUT2D eigenvalue weighted by atomic mass is 10.1. The molecular weight excluding hydrogens is 266 g/mol. The molecule has 21 heavy (non-hydrogen) atoms. The highest BCUT2D eigenvalue weighted by Gasteiger charge is 2.31. The Morgan fingerprint density at radius 3 is 2.71 bits per heavy atom. The average molecular weight is 287 g/mol. The molecule has 2 aromatic rings. The van der Waals surface area contributed by atoms with E-state index in [-0.39, 0.29) is 0 Å². The summed E-state index contributed by atoms with van der Waals surface area (Å²) in [7, 11) is 3.66. The van der Waals surface area contributed by atoms with Gasteiger partial charge in [-0.2, -0.15) is 4.98 Å². The molecule has 0 spiro atoms. The minimum atomic E-state index is 0.458. The molecule has 0 bridgehead atoms. The zero-order valence-electron chi connectivity index (χ0n) is 12.5. The van der Waals surface area contributed by atoms with Crippen LogP contribution in [-0.2, 0) is 12.8 Å². The summed E-state index contributed by atoms with van der Waals surface area (Å²) in [6, 6.07) is 8.39. The molecule has 0 saturated heterocycles. The number of likely N-dealkylation sites (N-methyl/N-ethyl adjacent to an activating group) is 1. The topological polar surface area (TPSA) is 60.2 Å². The van der Waals surface area contributed by atoms with Gasteiger partial charge in [-0.25, -0.2) is 0 Å². The predicted octanol–water partition coefficient (Wildman–Crippen LogP) is 2.21. The van der Waals surface area contributed by atoms with Crippen molar-refractivity contribution < 1.29 is 9.26 Å². The first kappa shape index (κ1) is 14.1. The molecule has 1 aromatic heterocycles. The third kappa shape index (κ3) is 3.61. The van der Waals surface area contributed by atoms with E-state index in [9.17, 15) is 0 Å². The van der Waals surface area contributed by atoms with Gasteiger partial charge in [0.1, 0.15) is 5.75 Å². The Bertz CT molecular complexity index is 575. The van der Waals surface area contributed by atoms with Crippen LogP contribution < -0.4 is 10.1 Å². The van der Waals surface area contributed by atoms with Gasteiger partial charge in [-0.1, -0.05) is 17.3 Å². The summed E-state index contributed by atoms with van der Waals surface area (Å²) in [6.45, 7) is 0. The van der Waals surface area contributed by atoms with Crippen LogP contribution in [0.25, 0.3) is 0 Å². The van der Waals surface area contributed by atoms with Crippen molar-refractivity contribution in [3.8, 4) is 5.75 Å². The van der Waals surface area contributed by atoms with E-state index in [2.05, 4.69) is 15.5 Å². The minimum Gasteiger partial charge on any atom is -0.497 e. The zero-order chi connectivity index (χ0) is 14.7. The number of methoxy groups -OCH3 is 1. The molecule has 1 saturated carbocycles. The number of aromatic nitrogens is 2. The largest absolute Gasteiger partial charge is 0.497 e. The van der Waals surface area contributed by atoms with Gasteiger partial charge in [0.2, 0.25) is 5.89 Å². The normalized spacial score (nSPS) is 15.9. The standard InChI is InChI=1S/C16H21N3O2/c1-17-14(12-5-6-12)10-16-18-15(19-21-16)9-11-3-7-13(20-2)8-4-11/h3-4,7-8,12,14,17H,5-6,9-10H2,1-2H3. The van der Waals surface area contributed by atoms with Crippen molar-refractivity contribution in [3.63, 3.8) is 0 Å². The van der Waals surface area contributed by atoms with Crippen LogP contribution in [0.4, 0.5) is 0 Å². The number of ether oxygens (including phenoxy) is 1. The summed E-state index contributed by atoms with van der Waals surface area (Å²) in [5, 5.41) is 7.42. The molecule has 1 aromatic carbocycles. The molecule has 1 N–H and O–H groups in total. The quantitative estimate of drug-likeness (QED) is 0.846. The molecule has 1 heterocycles. The number of benzene rings is 1. The Kier molecular flexibility index (Phi) is 4.20. The Morgan fingerprint density at radius 2 is 2.10 bits per heavy atom. The summed E-state index contributed by atoms with van der Waals surface area (Å²) in [5.74, 6) is 3.09. The van der Waals surface area contributed by atoms with E-state index in [1.807, 2.05) is 31.3 Å².